The molecule has 0 radical (unpaired) electrons. The monoisotopic (exact) mass is 242 g/mol. The van der Waals surface area contributed by atoms with Gasteiger partial charge in [0.1, 0.15) is 0 Å². The Kier molecular flexibility index (Phi) is 5.82. The van der Waals surface area contributed by atoms with Gasteiger partial charge in [-0.25, -0.2) is 0 Å². The van der Waals surface area contributed by atoms with Crippen molar-refractivity contribution in [1.82, 2.24) is 10.6 Å². The van der Waals surface area contributed by atoms with Gasteiger partial charge in [-0.3, -0.25) is 0 Å². The average Bonchev–Trinajstić information content (AvgIpc) is 2.02. The highest BCUT2D eigenvalue weighted by atomic mass is 32.1. The molecule has 0 bridgehead atoms. The van der Waals surface area contributed by atoms with Gasteiger partial charge in [0, 0.05) is 12.2 Å². The van der Waals surface area contributed by atoms with E-state index in [0.29, 0.717) is 5.70 Å². The van der Waals surface area contributed by atoms with Crippen molar-refractivity contribution in [2.75, 3.05) is 13.1 Å². The summed E-state index contributed by atoms with van der Waals surface area (Å²) < 4.78 is 35.1. The normalized spacial score (nSPS) is 10.8. The first-order chi connectivity index (χ1) is 6.37. The Hall–Kier alpha value is -0.530. The van der Waals surface area contributed by atoms with E-state index >= 15 is 0 Å². The highest BCUT2D eigenvalue weighted by Gasteiger charge is 2.26. The van der Waals surface area contributed by atoms with Gasteiger partial charge in [0.25, 0.3) is 0 Å². The minimum atomic E-state index is -4.23. The maximum absolute atomic E-state index is 11.7. The van der Waals surface area contributed by atoms with Crippen LogP contribution in [0.1, 0.15) is 0 Å². The molecule has 14 heavy (non-hydrogen) atoms. The molecule has 2 nitrogen and oxygen atoms in total. The number of hydrogen-bond acceptors (Lipinski definition) is 3. The van der Waals surface area contributed by atoms with E-state index in [1.807, 2.05) is 0 Å². The first-order valence-electron chi connectivity index (χ1n) is 3.56. The van der Waals surface area contributed by atoms with Crippen LogP contribution in [0, 0.1) is 0 Å². The summed E-state index contributed by atoms with van der Waals surface area (Å²) in [6.07, 6.45) is -4.23. The third-order valence-electron chi connectivity index (χ3n) is 1.18. The second kappa shape index (κ2) is 6.05. The van der Waals surface area contributed by atoms with Crippen LogP contribution in [0.15, 0.2) is 12.3 Å². The second-order valence-corrected chi connectivity index (χ2v) is 3.11. The first kappa shape index (κ1) is 13.5. The topological polar surface area (TPSA) is 24.1 Å². The summed E-state index contributed by atoms with van der Waals surface area (Å²) in [4.78, 5) is 0.273. The van der Waals surface area contributed by atoms with E-state index in [2.05, 4.69) is 29.4 Å². The lowest BCUT2D eigenvalue weighted by molar-refractivity contribution is -0.124. The standard InChI is InChI=1S/C7H9F3N2S2/c1-5(12-4-13)6(14)2-11-3-7(8,9)10/h4,11H,1-3H2,(H,12,13). The summed E-state index contributed by atoms with van der Waals surface area (Å²) >= 11 is 9.23. The highest BCUT2D eigenvalue weighted by molar-refractivity contribution is 7.81. The Morgan fingerprint density at radius 3 is 2.43 bits per heavy atom. The molecule has 2 N–H and O–H groups in total. The lowest BCUT2D eigenvalue weighted by Gasteiger charge is -2.10. The van der Waals surface area contributed by atoms with Gasteiger partial charge in [-0.15, -0.1) is 0 Å². The molecular formula is C7H9F3N2S2. The van der Waals surface area contributed by atoms with Crippen LogP contribution in [-0.2, 0) is 0 Å². The fraction of sp³-hybridized carbons (Fsp3) is 0.429. The van der Waals surface area contributed by atoms with Crippen molar-refractivity contribution in [3.05, 3.63) is 12.3 Å². The van der Waals surface area contributed by atoms with Crippen LogP contribution in [-0.4, -0.2) is 29.6 Å². The molecule has 80 valence electrons. The molecule has 0 aromatic heterocycles. The van der Waals surface area contributed by atoms with Gasteiger partial charge in [0.15, 0.2) is 0 Å². The van der Waals surface area contributed by atoms with Crippen LogP contribution in [0.2, 0.25) is 0 Å². The van der Waals surface area contributed by atoms with Crippen molar-refractivity contribution in [2.45, 2.75) is 6.18 Å². The van der Waals surface area contributed by atoms with E-state index in [-0.39, 0.29) is 11.4 Å². The quantitative estimate of drug-likeness (QED) is 0.545. The maximum Gasteiger partial charge on any atom is 0.401 e. The zero-order valence-corrected chi connectivity index (χ0v) is 8.78. The lowest BCUT2D eigenvalue weighted by atomic mass is 10.3. The van der Waals surface area contributed by atoms with E-state index < -0.39 is 12.7 Å². The number of hydrogen-bond donors (Lipinski definition) is 2. The van der Waals surface area contributed by atoms with Crippen molar-refractivity contribution < 1.29 is 13.2 Å². The Bertz CT molecular complexity index is 238. The molecule has 0 aliphatic rings. The Morgan fingerprint density at radius 1 is 1.43 bits per heavy atom. The summed E-state index contributed by atoms with van der Waals surface area (Å²) in [5.41, 5.74) is 1.53. The van der Waals surface area contributed by atoms with Crippen molar-refractivity contribution in [3.8, 4) is 0 Å². The zero-order chi connectivity index (χ0) is 11.2. The van der Waals surface area contributed by atoms with E-state index in [9.17, 15) is 13.2 Å². The summed E-state index contributed by atoms with van der Waals surface area (Å²) in [5, 5.41) is 4.68. The Morgan fingerprint density at radius 2 is 2.00 bits per heavy atom. The third kappa shape index (κ3) is 6.93. The summed E-state index contributed by atoms with van der Waals surface area (Å²) in [6, 6.07) is 0. The van der Waals surface area contributed by atoms with Gasteiger partial charge in [-0.2, -0.15) is 13.2 Å². The predicted molar refractivity (Wildman–Crippen MR) is 57.5 cm³/mol. The van der Waals surface area contributed by atoms with Crippen LogP contribution in [0.4, 0.5) is 13.2 Å². The van der Waals surface area contributed by atoms with Gasteiger partial charge in [0.2, 0.25) is 0 Å². The molecule has 0 rings (SSSR count). The number of thiocarbonyl (C=S) groups is 2. The average molecular weight is 242 g/mol. The summed E-state index contributed by atoms with van der Waals surface area (Å²) in [5.74, 6) is 0. The van der Waals surface area contributed by atoms with Gasteiger partial charge < -0.3 is 10.6 Å². The third-order valence-corrected chi connectivity index (χ3v) is 1.69. The fourth-order valence-electron chi connectivity index (χ4n) is 0.576. The van der Waals surface area contributed by atoms with Crippen molar-refractivity contribution in [1.29, 1.82) is 0 Å². The number of nitrogens with one attached hydrogen (secondary N) is 2. The Labute approximate surface area is 90.6 Å². The summed E-state index contributed by atoms with van der Waals surface area (Å²) in [6.45, 7) is 2.36. The molecular weight excluding hydrogens is 233 g/mol. The molecule has 0 aromatic carbocycles. The van der Waals surface area contributed by atoms with Gasteiger partial charge in [0.05, 0.1) is 16.9 Å². The fourth-order valence-corrected chi connectivity index (χ4v) is 0.879. The molecule has 0 aliphatic carbocycles. The van der Waals surface area contributed by atoms with Gasteiger partial charge in [-0.05, 0) is 0 Å². The van der Waals surface area contributed by atoms with Gasteiger partial charge >= 0.3 is 6.18 Å². The van der Waals surface area contributed by atoms with E-state index in [1.165, 1.54) is 5.49 Å². The molecule has 0 fully saturated rings. The molecule has 0 atom stereocenters. The lowest BCUT2D eigenvalue weighted by Crippen LogP contribution is -2.34. The zero-order valence-electron chi connectivity index (χ0n) is 7.15. The SMILES string of the molecule is C=C(NC=S)C(=S)CNCC(F)(F)F. The molecule has 0 unspecified atom stereocenters. The largest absolute Gasteiger partial charge is 0.401 e. The van der Waals surface area contributed by atoms with E-state index in [1.54, 1.807) is 0 Å². The number of alkyl halides is 3. The van der Waals surface area contributed by atoms with E-state index in [4.69, 9.17) is 12.2 Å². The molecule has 0 saturated heterocycles. The highest BCUT2D eigenvalue weighted by Crippen LogP contribution is 2.11. The number of rotatable bonds is 6. The second-order valence-electron chi connectivity index (χ2n) is 2.38. The van der Waals surface area contributed by atoms with Crippen LogP contribution in [0.3, 0.4) is 0 Å². The minimum absolute atomic E-state index is 0.0517. The summed E-state index contributed by atoms with van der Waals surface area (Å²) in [7, 11) is 0. The Balaban J connectivity index is 3.75. The molecule has 0 aliphatic heterocycles. The van der Waals surface area contributed by atoms with Crippen LogP contribution in [0.25, 0.3) is 0 Å². The van der Waals surface area contributed by atoms with E-state index in [0.717, 1.165) is 0 Å². The van der Waals surface area contributed by atoms with Crippen molar-refractivity contribution in [2.24, 2.45) is 0 Å². The minimum Gasteiger partial charge on any atom is -0.352 e. The number of halogens is 3. The van der Waals surface area contributed by atoms with Crippen molar-refractivity contribution >= 4 is 34.8 Å². The van der Waals surface area contributed by atoms with Crippen LogP contribution >= 0.6 is 24.4 Å². The molecule has 7 heteroatoms. The molecule has 0 spiro atoms. The predicted octanol–water partition coefficient (Wildman–Crippen LogP) is 1.57. The molecule has 0 heterocycles. The van der Waals surface area contributed by atoms with Gasteiger partial charge in [-0.1, -0.05) is 31.0 Å². The smallest absolute Gasteiger partial charge is 0.352 e. The molecule has 0 amide bonds. The maximum atomic E-state index is 11.7. The van der Waals surface area contributed by atoms with Crippen molar-refractivity contribution in [3.63, 3.8) is 0 Å². The first-order valence-corrected chi connectivity index (χ1v) is 4.44. The van der Waals surface area contributed by atoms with Crippen LogP contribution in [0.5, 0.6) is 0 Å². The molecule has 0 aromatic rings. The van der Waals surface area contributed by atoms with Crippen LogP contribution < -0.4 is 10.6 Å². The molecule has 0 saturated carbocycles.